The summed E-state index contributed by atoms with van der Waals surface area (Å²) in [7, 11) is 0. The number of hydrogen-bond donors (Lipinski definition) is 2. The second-order valence-corrected chi connectivity index (χ2v) is 4.60. The van der Waals surface area contributed by atoms with E-state index in [4.69, 9.17) is 10.2 Å². The van der Waals surface area contributed by atoms with Crippen LogP contribution >= 0.6 is 33.9 Å². The highest BCUT2D eigenvalue weighted by Gasteiger charge is 2.20. The van der Waals surface area contributed by atoms with Crippen molar-refractivity contribution >= 4 is 45.9 Å². The van der Waals surface area contributed by atoms with Crippen LogP contribution in [0, 0.1) is 2.88 Å². The Balaban J connectivity index is 3.31. The zero-order chi connectivity index (χ0) is 9.30. The topological polar surface area (TPSA) is 74.6 Å². The first-order valence-corrected chi connectivity index (χ1v) is 4.73. The summed E-state index contributed by atoms with van der Waals surface area (Å²) in [6.07, 6.45) is 0. The SMILES string of the molecule is O=C(O)c1csc(I)c1C(=O)O. The summed E-state index contributed by atoms with van der Waals surface area (Å²) in [5.41, 5.74) is -0.259. The third-order valence-corrected chi connectivity index (χ3v) is 3.26. The Kier molecular flexibility index (Phi) is 2.68. The van der Waals surface area contributed by atoms with Gasteiger partial charge >= 0.3 is 11.9 Å². The number of rotatable bonds is 2. The van der Waals surface area contributed by atoms with Crippen LogP contribution in [0.1, 0.15) is 20.7 Å². The van der Waals surface area contributed by atoms with E-state index in [9.17, 15) is 9.59 Å². The van der Waals surface area contributed by atoms with Gasteiger partial charge in [0.15, 0.2) is 0 Å². The van der Waals surface area contributed by atoms with Crippen LogP contribution in [-0.4, -0.2) is 22.2 Å². The van der Waals surface area contributed by atoms with Crippen LogP contribution in [0.2, 0.25) is 0 Å². The molecule has 1 aromatic rings. The molecule has 0 aliphatic heterocycles. The molecule has 0 saturated carbocycles. The molecule has 1 rings (SSSR count). The van der Waals surface area contributed by atoms with Gasteiger partial charge in [-0.3, -0.25) is 0 Å². The van der Waals surface area contributed by atoms with Gasteiger partial charge in [-0.25, -0.2) is 9.59 Å². The van der Waals surface area contributed by atoms with Gasteiger partial charge in [-0.1, -0.05) is 0 Å². The molecule has 1 aromatic heterocycles. The molecule has 0 bridgehead atoms. The molecule has 0 aromatic carbocycles. The van der Waals surface area contributed by atoms with Crippen LogP contribution in [0.4, 0.5) is 0 Å². The number of halogens is 1. The fraction of sp³-hybridized carbons (Fsp3) is 0. The summed E-state index contributed by atoms with van der Waals surface area (Å²) >= 11 is 2.92. The van der Waals surface area contributed by atoms with E-state index in [2.05, 4.69) is 0 Å². The Morgan fingerprint density at radius 1 is 1.33 bits per heavy atom. The molecule has 4 nitrogen and oxygen atoms in total. The van der Waals surface area contributed by atoms with E-state index in [1.807, 2.05) is 0 Å². The van der Waals surface area contributed by atoms with E-state index in [-0.39, 0.29) is 11.1 Å². The normalized spacial score (nSPS) is 9.75. The van der Waals surface area contributed by atoms with Crippen molar-refractivity contribution in [1.82, 2.24) is 0 Å². The molecule has 0 saturated heterocycles. The summed E-state index contributed by atoms with van der Waals surface area (Å²) < 4.78 is 0.484. The van der Waals surface area contributed by atoms with Gasteiger partial charge in [0.1, 0.15) is 0 Å². The van der Waals surface area contributed by atoms with Crippen molar-refractivity contribution in [3.05, 3.63) is 19.4 Å². The second kappa shape index (κ2) is 3.40. The first-order valence-electron chi connectivity index (χ1n) is 2.77. The summed E-state index contributed by atoms with van der Waals surface area (Å²) in [4.78, 5) is 21.0. The van der Waals surface area contributed by atoms with Crippen molar-refractivity contribution in [3.63, 3.8) is 0 Å². The van der Waals surface area contributed by atoms with Crippen LogP contribution in [0.15, 0.2) is 5.38 Å². The van der Waals surface area contributed by atoms with Crippen molar-refractivity contribution in [2.45, 2.75) is 0 Å². The van der Waals surface area contributed by atoms with E-state index in [0.29, 0.717) is 2.88 Å². The second-order valence-electron chi connectivity index (χ2n) is 1.91. The predicted octanol–water partition coefficient (Wildman–Crippen LogP) is 1.75. The highest BCUT2D eigenvalue weighted by atomic mass is 127. The largest absolute Gasteiger partial charge is 0.478 e. The van der Waals surface area contributed by atoms with E-state index < -0.39 is 11.9 Å². The number of hydrogen-bond acceptors (Lipinski definition) is 3. The van der Waals surface area contributed by atoms with Crippen molar-refractivity contribution in [1.29, 1.82) is 0 Å². The standard InChI is InChI=1S/C6H3IO4S/c7-4-3(6(10)11)2(1-12-4)5(8)9/h1H,(H,8,9)(H,10,11). The maximum Gasteiger partial charge on any atom is 0.338 e. The molecular weight excluding hydrogens is 295 g/mol. The van der Waals surface area contributed by atoms with Gasteiger partial charge in [0.05, 0.1) is 14.0 Å². The van der Waals surface area contributed by atoms with Gasteiger partial charge in [0.25, 0.3) is 0 Å². The number of thiophene rings is 1. The Bertz CT molecular complexity index is 343. The van der Waals surface area contributed by atoms with Crippen LogP contribution in [0.25, 0.3) is 0 Å². The number of carbonyl (C=O) groups is 2. The van der Waals surface area contributed by atoms with Crippen LogP contribution in [0.3, 0.4) is 0 Å². The molecule has 0 amide bonds. The van der Waals surface area contributed by atoms with Crippen LogP contribution < -0.4 is 0 Å². The average molecular weight is 298 g/mol. The van der Waals surface area contributed by atoms with Gasteiger partial charge in [-0.2, -0.15) is 0 Å². The van der Waals surface area contributed by atoms with Gasteiger partial charge in [-0.05, 0) is 22.6 Å². The quantitative estimate of drug-likeness (QED) is 0.816. The molecule has 0 fully saturated rings. The highest BCUT2D eigenvalue weighted by Crippen LogP contribution is 2.24. The fourth-order valence-electron chi connectivity index (χ4n) is 0.691. The minimum absolute atomic E-state index is 0.117. The molecule has 2 N–H and O–H groups in total. The Labute approximate surface area is 85.0 Å². The lowest BCUT2D eigenvalue weighted by molar-refractivity contribution is 0.0652. The molecule has 0 unspecified atom stereocenters. The first kappa shape index (κ1) is 9.46. The minimum Gasteiger partial charge on any atom is -0.478 e. The molecule has 1 heterocycles. The van der Waals surface area contributed by atoms with Crippen molar-refractivity contribution < 1.29 is 19.8 Å². The molecule has 0 aliphatic rings. The highest BCUT2D eigenvalue weighted by molar-refractivity contribution is 14.1. The van der Waals surface area contributed by atoms with E-state index >= 15 is 0 Å². The Morgan fingerprint density at radius 2 is 1.92 bits per heavy atom. The van der Waals surface area contributed by atoms with E-state index in [1.165, 1.54) is 5.38 Å². The maximum atomic E-state index is 10.5. The molecule has 64 valence electrons. The first-order chi connectivity index (χ1) is 5.54. The lowest BCUT2D eigenvalue weighted by Gasteiger charge is -1.92. The van der Waals surface area contributed by atoms with Crippen LogP contribution in [0.5, 0.6) is 0 Å². The van der Waals surface area contributed by atoms with Crippen LogP contribution in [-0.2, 0) is 0 Å². The lowest BCUT2D eigenvalue weighted by Crippen LogP contribution is -2.05. The maximum absolute atomic E-state index is 10.5. The van der Waals surface area contributed by atoms with Crippen molar-refractivity contribution in [2.24, 2.45) is 0 Å². The zero-order valence-electron chi connectivity index (χ0n) is 5.57. The lowest BCUT2D eigenvalue weighted by atomic mass is 10.2. The molecule has 0 spiro atoms. The van der Waals surface area contributed by atoms with Gasteiger partial charge in [0.2, 0.25) is 0 Å². The minimum atomic E-state index is -1.20. The van der Waals surface area contributed by atoms with E-state index in [0.717, 1.165) is 11.3 Å². The monoisotopic (exact) mass is 298 g/mol. The Morgan fingerprint density at radius 3 is 2.25 bits per heavy atom. The van der Waals surface area contributed by atoms with Gasteiger partial charge < -0.3 is 10.2 Å². The third-order valence-electron chi connectivity index (χ3n) is 1.19. The summed E-state index contributed by atoms with van der Waals surface area (Å²) in [5, 5.41) is 18.5. The van der Waals surface area contributed by atoms with Crippen molar-refractivity contribution in [2.75, 3.05) is 0 Å². The Hall–Kier alpha value is -0.630. The number of carboxylic acid groups (broad SMARTS) is 2. The van der Waals surface area contributed by atoms with Crippen molar-refractivity contribution in [3.8, 4) is 0 Å². The zero-order valence-corrected chi connectivity index (χ0v) is 8.55. The predicted molar refractivity (Wildman–Crippen MR) is 51.0 cm³/mol. The molecular formula is C6H3IO4S. The molecule has 0 aliphatic carbocycles. The summed E-state index contributed by atoms with van der Waals surface area (Å²) in [6.45, 7) is 0. The number of aromatic carboxylic acids is 2. The molecule has 6 heteroatoms. The summed E-state index contributed by atoms with van der Waals surface area (Å²) in [6, 6.07) is 0. The average Bonchev–Trinajstić information content (AvgIpc) is 2.30. The van der Waals surface area contributed by atoms with E-state index in [1.54, 1.807) is 22.6 Å². The number of carboxylic acids is 2. The smallest absolute Gasteiger partial charge is 0.338 e. The van der Waals surface area contributed by atoms with Gasteiger partial charge in [-0.15, -0.1) is 11.3 Å². The van der Waals surface area contributed by atoms with Gasteiger partial charge in [0, 0.05) is 5.38 Å². The molecule has 12 heavy (non-hydrogen) atoms. The molecule has 0 atom stereocenters. The molecule has 0 radical (unpaired) electrons. The summed E-state index contributed by atoms with van der Waals surface area (Å²) in [5.74, 6) is -2.40. The third kappa shape index (κ3) is 1.58. The fourth-order valence-corrected chi connectivity index (χ4v) is 2.35.